The molecule has 1 aromatic heterocycles. The van der Waals surface area contributed by atoms with E-state index < -0.39 is 0 Å². The first-order chi connectivity index (χ1) is 7.69. The molecule has 0 fully saturated rings. The Bertz CT molecular complexity index is 384. The number of pyridine rings is 1. The third-order valence-corrected chi connectivity index (χ3v) is 2.41. The topological polar surface area (TPSA) is 57.9 Å². The number of ether oxygens (including phenoxy) is 1. The van der Waals surface area contributed by atoms with Crippen molar-refractivity contribution in [1.82, 2.24) is 4.98 Å². The average Bonchev–Trinajstić information content (AvgIpc) is 2.27. The summed E-state index contributed by atoms with van der Waals surface area (Å²) in [6, 6.07) is 4.24. The number of aromatic nitrogens is 1. The van der Waals surface area contributed by atoms with Crippen molar-refractivity contribution in [3.63, 3.8) is 0 Å². The van der Waals surface area contributed by atoms with Crippen LogP contribution in [-0.2, 0) is 4.74 Å². The molecule has 1 N–H and O–H groups in total. The van der Waals surface area contributed by atoms with Gasteiger partial charge in [0.1, 0.15) is 11.9 Å². The van der Waals surface area contributed by atoms with E-state index in [4.69, 9.17) is 10.00 Å². The summed E-state index contributed by atoms with van der Waals surface area (Å²) < 4.78 is 5.01. The molecule has 86 valence electrons. The summed E-state index contributed by atoms with van der Waals surface area (Å²) >= 11 is 0. The molecule has 0 aromatic carbocycles. The molecule has 0 saturated heterocycles. The van der Waals surface area contributed by atoms with Crippen LogP contribution in [-0.4, -0.2) is 24.7 Å². The second kappa shape index (κ2) is 6.09. The smallest absolute Gasteiger partial charge is 0.144 e. The second-order valence-corrected chi connectivity index (χ2v) is 3.79. The molecule has 0 aliphatic heterocycles. The van der Waals surface area contributed by atoms with E-state index in [1.807, 2.05) is 19.9 Å². The van der Waals surface area contributed by atoms with E-state index in [2.05, 4.69) is 16.4 Å². The van der Waals surface area contributed by atoms with Gasteiger partial charge in [0, 0.05) is 26.0 Å². The molecule has 1 atom stereocenters. The number of rotatable bonds is 5. The zero-order chi connectivity index (χ0) is 12.0. The maximum absolute atomic E-state index is 9.03. The molecule has 1 rings (SSSR count). The summed E-state index contributed by atoms with van der Waals surface area (Å²) in [6.45, 7) is 4.65. The summed E-state index contributed by atoms with van der Waals surface area (Å²) in [4.78, 5) is 4.18. The average molecular weight is 219 g/mol. The van der Waals surface area contributed by atoms with Crippen LogP contribution in [0.15, 0.2) is 12.3 Å². The van der Waals surface area contributed by atoms with Crippen molar-refractivity contribution in [2.24, 2.45) is 0 Å². The van der Waals surface area contributed by atoms with Gasteiger partial charge in [-0.05, 0) is 31.9 Å². The largest absolute Gasteiger partial charge is 0.385 e. The quantitative estimate of drug-likeness (QED) is 0.824. The van der Waals surface area contributed by atoms with Crippen LogP contribution in [0.25, 0.3) is 0 Å². The standard InChI is InChI=1S/C12H17N3O/c1-9-4-6-14-12(11(9)8-13)15-10(2)5-7-16-3/h4,6,10H,5,7H2,1-3H3,(H,14,15). The lowest BCUT2D eigenvalue weighted by Gasteiger charge is -2.15. The predicted molar refractivity (Wildman–Crippen MR) is 63.3 cm³/mol. The van der Waals surface area contributed by atoms with Crippen LogP contribution in [0.3, 0.4) is 0 Å². The first-order valence-corrected chi connectivity index (χ1v) is 5.30. The number of hydrogen-bond acceptors (Lipinski definition) is 4. The highest BCUT2D eigenvalue weighted by Crippen LogP contribution is 2.16. The van der Waals surface area contributed by atoms with Crippen LogP contribution in [0.2, 0.25) is 0 Å². The molecule has 0 radical (unpaired) electrons. The molecule has 0 aliphatic rings. The predicted octanol–water partition coefficient (Wildman–Crippen LogP) is 2.10. The van der Waals surface area contributed by atoms with Crippen LogP contribution >= 0.6 is 0 Å². The summed E-state index contributed by atoms with van der Waals surface area (Å²) in [5.41, 5.74) is 1.56. The lowest BCUT2D eigenvalue weighted by Crippen LogP contribution is -2.19. The second-order valence-electron chi connectivity index (χ2n) is 3.79. The Balaban J connectivity index is 2.74. The van der Waals surface area contributed by atoms with Gasteiger partial charge in [-0.25, -0.2) is 4.98 Å². The molecule has 4 heteroatoms. The van der Waals surface area contributed by atoms with Crippen molar-refractivity contribution in [2.75, 3.05) is 19.0 Å². The van der Waals surface area contributed by atoms with Gasteiger partial charge in [0.15, 0.2) is 0 Å². The molecular formula is C12H17N3O. The van der Waals surface area contributed by atoms with Gasteiger partial charge in [0.25, 0.3) is 0 Å². The van der Waals surface area contributed by atoms with Crippen molar-refractivity contribution in [1.29, 1.82) is 5.26 Å². The Labute approximate surface area is 96.3 Å². The maximum atomic E-state index is 9.03. The van der Waals surface area contributed by atoms with Crippen LogP contribution in [0.1, 0.15) is 24.5 Å². The van der Waals surface area contributed by atoms with E-state index in [9.17, 15) is 0 Å². The Kier molecular flexibility index (Phi) is 4.74. The van der Waals surface area contributed by atoms with Crippen LogP contribution in [0.5, 0.6) is 0 Å². The molecule has 16 heavy (non-hydrogen) atoms. The van der Waals surface area contributed by atoms with Crippen LogP contribution in [0, 0.1) is 18.3 Å². The number of anilines is 1. The molecule has 4 nitrogen and oxygen atoms in total. The molecule has 1 unspecified atom stereocenters. The number of aryl methyl sites for hydroxylation is 1. The minimum absolute atomic E-state index is 0.237. The summed E-state index contributed by atoms with van der Waals surface area (Å²) in [5, 5.41) is 12.3. The van der Waals surface area contributed by atoms with Gasteiger partial charge in [0.2, 0.25) is 0 Å². The van der Waals surface area contributed by atoms with Crippen LogP contribution in [0.4, 0.5) is 5.82 Å². The molecular weight excluding hydrogens is 202 g/mol. The van der Waals surface area contributed by atoms with Gasteiger partial charge in [0.05, 0.1) is 5.56 Å². The fourth-order valence-electron chi connectivity index (χ4n) is 1.41. The molecule has 0 amide bonds. The lowest BCUT2D eigenvalue weighted by molar-refractivity contribution is 0.191. The highest BCUT2D eigenvalue weighted by molar-refractivity contribution is 5.55. The molecule has 1 heterocycles. The van der Waals surface area contributed by atoms with Crippen molar-refractivity contribution in [2.45, 2.75) is 26.3 Å². The molecule has 0 aliphatic carbocycles. The van der Waals surface area contributed by atoms with Gasteiger partial charge in [-0.1, -0.05) is 0 Å². The zero-order valence-corrected chi connectivity index (χ0v) is 9.95. The first kappa shape index (κ1) is 12.5. The Morgan fingerprint density at radius 1 is 1.62 bits per heavy atom. The lowest BCUT2D eigenvalue weighted by atomic mass is 10.1. The highest BCUT2D eigenvalue weighted by Gasteiger charge is 2.09. The van der Waals surface area contributed by atoms with Crippen LogP contribution < -0.4 is 5.32 Å². The van der Waals surface area contributed by atoms with Crippen molar-refractivity contribution in [3.05, 3.63) is 23.4 Å². The molecule has 0 spiro atoms. The zero-order valence-electron chi connectivity index (χ0n) is 9.95. The highest BCUT2D eigenvalue weighted by atomic mass is 16.5. The van der Waals surface area contributed by atoms with Gasteiger partial charge in [-0.2, -0.15) is 5.26 Å². The SMILES string of the molecule is COCCC(C)Nc1nccc(C)c1C#N. The van der Waals surface area contributed by atoms with E-state index in [0.717, 1.165) is 12.0 Å². The molecule has 0 bridgehead atoms. The van der Waals surface area contributed by atoms with Gasteiger partial charge in [-0.15, -0.1) is 0 Å². The monoisotopic (exact) mass is 219 g/mol. The van der Waals surface area contributed by atoms with E-state index in [0.29, 0.717) is 18.0 Å². The Hall–Kier alpha value is -1.60. The van der Waals surface area contributed by atoms with Gasteiger partial charge < -0.3 is 10.1 Å². The molecule has 1 aromatic rings. The number of hydrogen-bond donors (Lipinski definition) is 1. The number of methoxy groups -OCH3 is 1. The third-order valence-electron chi connectivity index (χ3n) is 2.41. The molecule has 0 saturated carbocycles. The summed E-state index contributed by atoms with van der Waals surface area (Å²) in [7, 11) is 1.68. The van der Waals surface area contributed by atoms with Crippen molar-refractivity contribution < 1.29 is 4.74 Å². The summed E-state index contributed by atoms with van der Waals surface area (Å²) in [5.74, 6) is 0.658. The van der Waals surface area contributed by atoms with E-state index >= 15 is 0 Å². The van der Waals surface area contributed by atoms with E-state index in [1.54, 1.807) is 13.3 Å². The Morgan fingerprint density at radius 2 is 2.38 bits per heavy atom. The van der Waals surface area contributed by atoms with E-state index in [-0.39, 0.29) is 6.04 Å². The number of nitriles is 1. The van der Waals surface area contributed by atoms with Gasteiger partial charge >= 0.3 is 0 Å². The Morgan fingerprint density at radius 3 is 3.00 bits per heavy atom. The fraction of sp³-hybridized carbons (Fsp3) is 0.500. The third kappa shape index (κ3) is 3.21. The van der Waals surface area contributed by atoms with Gasteiger partial charge in [-0.3, -0.25) is 0 Å². The number of nitrogens with zero attached hydrogens (tertiary/aromatic N) is 2. The summed E-state index contributed by atoms with van der Waals surface area (Å²) in [6.07, 6.45) is 2.60. The number of nitrogens with one attached hydrogen (secondary N) is 1. The van der Waals surface area contributed by atoms with Crippen molar-refractivity contribution >= 4 is 5.82 Å². The van der Waals surface area contributed by atoms with Crippen molar-refractivity contribution in [3.8, 4) is 6.07 Å². The van der Waals surface area contributed by atoms with E-state index in [1.165, 1.54) is 0 Å². The maximum Gasteiger partial charge on any atom is 0.144 e. The normalized spacial score (nSPS) is 11.9. The minimum Gasteiger partial charge on any atom is -0.385 e. The fourth-order valence-corrected chi connectivity index (χ4v) is 1.41. The minimum atomic E-state index is 0.237. The first-order valence-electron chi connectivity index (χ1n) is 5.30.